The summed E-state index contributed by atoms with van der Waals surface area (Å²) in [6.07, 6.45) is 1.63. The summed E-state index contributed by atoms with van der Waals surface area (Å²) >= 11 is 0. The molecule has 1 aromatic carbocycles. The van der Waals surface area contributed by atoms with Gasteiger partial charge in [0.25, 0.3) is 11.9 Å². The van der Waals surface area contributed by atoms with E-state index in [1.54, 1.807) is 43.3 Å². The molecule has 1 N–H and O–H groups in total. The first-order valence-electron chi connectivity index (χ1n) is 9.56. The predicted molar refractivity (Wildman–Crippen MR) is 114 cm³/mol. The highest BCUT2D eigenvalue weighted by molar-refractivity contribution is 5.95. The zero-order valence-electron chi connectivity index (χ0n) is 17.6. The minimum Gasteiger partial charge on any atom is -0.490 e. The molecular formula is C22H23N5O4. The molecule has 2 aromatic heterocycles. The number of hydrogen-bond donors (Lipinski definition) is 1. The highest BCUT2D eigenvalue weighted by Gasteiger charge is 2.15. The molecule has 9 nitrogen and oxygen atoms in total. The Labute approximate surface area is 179 Å². The lowest BCUT2D eigenvalue weighted by atomic mass is 10.2. The number of anilines is 1. The van der Waals surface area contributed by atoms with Gasteiger partial charge >= 0.3 is 5.97 Å². The fourth-order valence-corrected chi connectivity index (χ4v) is 2.78. The second-order valence-corrected chi connectivity index (χ2v) is 6.78. The summed E-state index contributed by atoms with van der Waals surface area (Å²) in [7, 11) is 0. The normalized spacial score (nSPS) is 10.4. The monoisotopic (exact) mass is 421 g/mol. The maximum Gasteiger partial charge on any atom is 0.338 e. The number of nitrogens with one attached hydrogen (secondary N) is 1. The standard InChI is InChI=1S/C22H23N5O4/c1-5-10-30-18-8-6-17(7-9-18)21(29)31-13-20(28)25-19-12-16(4)26-27(19)22-23-14(2)11-15(3)24-22/h5-9,11-12H,1,10,13H2,2-4H3,(H,25,28). The summed E-state index contributed by atoms with van der Waals surface area (Å²) in [6, 6.07) is 9.94. The molecule has 2 heterocycles. The van der Waals surface area contributed by atoms with Crippen LogP contribution in [-0.4, -0.2) is 44.8 Å². The average Bonchev–Trinajstić information content (AvgIpc) is 3.10. The maximum absolute atomic E-state index is 12.3. The van der Waals surface area contributed by atoms with Crippen LogP contribution in [0.25, 0.3) is 5.95 Å². The number of aryl methyl sites for hydroxylation is 3. The largest absolute Gasteiger partial charge is 0.490 e. The van der Waals surface area contributed by atoms with Crippen LogP contribution in [0.15, 0.2) is 49.1 Å². The van der Waals surface area contributed by atoms with Gasteiger partial charge in [-0.3, -0.25) is 4.79 Å². The third kappa shape index (κ3) is 5.75. The second-order valence-electron chi connectivity index (χ2n) is 6.78. The van der Waals surface area contributed by atoms with Crippen LogP contribution in [0.4, 0.5) is 5.82 Å². The molecule has 0 aliphatic rings. The molecule has 31 heavy (non-hydrogen) atoms. The molecule has 1 amide bonds. The van der Waals surface area contributed by atoms with Crippen molar-refractivity contribution in [1.29, 1.82) is 0 Å². The van der Waals surface area contributed by atoms with Gasteiger partial charge in [0, 0.05) is 17.5 Å². The summed E-state index contributed by atoms with van der Waals surface area (Å²) in [5.74, 6) is 0.202. The van der Waals surface area contributed by atoms with E-state index in [0.717, 1.165) is 11.4 Å². The lowest BCUT2D eigenvalue weighted by molar-refractivity contribution is -0.119. The van der Waals surface area contributed by atoms with E-state index in [1.165, 1.54) is 4.68 Å². The fraction of sp³-hybridized carbons (Fsp3) is 0.227. The van der Waals surface area contributed by atoms with Crippen LogP contribution in [0.3, 0.4) is 0 Å². The van der Waals surface area contributed by atoms with Gasteiger partial charge < -0.3 is 14.8 Å². The number of carbonyl (C=O) groups is 2. The van der Waals surface area contributed by atoms with Gasteiger partial charge in [0.2, 0.25) is 0 Å². The maximum atomic E-state index is 12.3. The van der Waals surface area contributed by atoms with Gasteiger partial charge in [-0.1, -0.05) is 12.7 Å². The van der Waals surface area contributed by atoms with E-state index in [1.807, 2.05) is 19.9 Å². The van der Waals surface area contributed by atoms with Crippen molar-refractivity contribution in [2.75, 3.05) is 18.5 Å². The summed E-state index contributed by atoms with van der Waals surface area (Å²) in [4.78, 5) is 33.3. The topological polar surface area (TPSA) is 108 Å². The molecule has 0 radical (unpaired) electrons. The number of hydrogen-bond acceptors (Lipinski definition) is 7. The summed E-state index contributed by atoms with van der Waals surface area (Å²) in [6.45, 7) is 8.98. The van der Waals surface area contributed by atoms with Crippen molar-refractivity contribution in [3.8, 4) is 11.7 Å². The minimum atomic E-state index is -0.618. The van der Waals surface area contributed by atoms with Crippen molar-refractivity contribution in [2.45, 2.75) is 20.8 Å². The van der Waals surface area contributed by atoms with Crippen molar-refractivity contribution >= 4 is 17.7 Å². The van der Waals surface area contributed by atoms with Crippen molar-refractivity contribution in [3.63, 3.8) is 0 Å². The quantitative estimate of drug-likeness (QED) is 0.440. The van der Waals surface area contributed by atoms with Gasteiger partial charge in [-0.25, -0.2) is 14.8 Å². The number of aromatic nitrogens is 4. The molecule has 0 atom stereocenters. The Balaban J connectivity index is 1.62. The van der Waals surface area contributed by atoms with Crippen molar-refractivity contribution in [2.24, 2.45) is 0 Å². The second kappa shape index (κ2) is 9.66. The number of rotatable bonds is 8. The zero-order chi connectivity index (χ0) is 22.4. The van der Waals surface area contributed by atoms with Crippen LogP contribution in [0, 0.1) is 20.8 Å². The molecule has 0 saturated heterocycles. The van der Waals surface area contributed by atoms with E-state index in [2.05, 4.69) is 27.0 Å². The third-order valence-electron chi connectivity index (χ3n) is 4.05. The van der Waals surface area contributed by atoms with E-state index in [9.17, 15) is 9.59 Å². The highest BCUT2D eigenvalue weighted by Crippen LogP contribution is 2.16. The molecule has 3 aromatic rings. The number of carbonyl (C=O) groups excluding carboxylic acids is 2. The van der Waals surface area contributed by atoms with Gasteiger partial charge in [0.15, 0.2) is 6.61 Å². The van der Waals surface area contributed by atoms with E-state index in [-0.39, 0.29) is 0 Å². The summed E-state index contributed by atoms with van der Waals surface area (Å²) in [5.41, 5.74) is 2.54. The van der Waals surface area contributed by atoms with Crippen LogP contribution in [0.2, 0.25) is 0 Å². The summed E-state index contributed by atoms with van der Waals surface area (Å²) in [5, 5.41) is 7.02. The van der Waals surface area contributed by atoms with Crippen molar-refractivity contribution in [3.05, 3.63) is 71.7 Å². The lowest BCUT2D eigenvalue weighted by Crippen LogP contribution is -2.22. The average molecular weight is 421 g/mol. The SMILES string of the molecule is C=CCOc1ccc(C(=O)OCC(=O)Nc2cc(C)nn2-c2nc(C)cc(C)n2)cc1. The molecule has 160 valence electrons. The molecule has 0 aliphatic heterocycles. The molecule has 0 spiro atoms. The molecule has 0 saturated carbocycles. The Hall–Kier alpha value is -4.01. The first-order valence-corrected chi connectivity index (χ1v) is 9.56. The molecule has 0 bridgehead atoms. The Kier molecular flexibility index (Phi) is 6.76. The zero-order valence-corrected chi connectivity index (χ0v) is 17.6. The number of amides is 1. The minimum absolute atomic E-state index is 0.309. The van der Waals surface area contributed by atoms with E-state index < -0.39 is 18.5 Å². The molecule has 9 heteroatoms. The van der Waals surface area contributed by atoms with E-state index in [0.29, 0.717) is 35.4 Å². The number of nitrogens with zero attached hydrogens (tertiary/aromatic N) is 4. The molecule has 3 rings (SSSR count). The number of benzene rings is 1. The molecule has 0 unspecified atom stereocenters. The first-order chi connectivity index (χ1) is 14.9. The Bertz CT molecular complexity index is 1090. The van der Waals surface area contributed by atoms with Gasteiger partial charge in [-0.2, -0.15) is 9.78 Å². The van der Waals surface area contributed by atoms with Gasteiger partial charge in [0.05, 0.1) is 11.3 Å². The molecule has 0 aliphatic carbocycles. The van der Waals surface area contributed by atoms with Gasteiger partial charge in [-0.05, 0) is 51.1 Å². The van der Waals surface area contributed by atoms with E-state index >= 15 is 0 Å². The first kappa shape index (κ1) is 21.7. The van der Waals surface area contributed by atoms with E-state index in [4.69, 9.17) is 9.47 Å². The third-order valence-corrected chi connectivity index (χ3v) is 4.05. The van der Waals surface area contributed by atoms with Crippen LogP contribution in [0.1, 0.15) is 27.4 Å². The van der Waals surface area contributed by atoms with Crippen molar-refractivity contribution in [1.82, 2.24) is 19.7 Å². The van der Waals surface area contributed by atoms with Crippen LogP contribution < -0.4 is 10.1 Å². The predicted octanol–water partition coefficient (Wildman–Crippen LogP) is 2.95. The van der Waals surface area contributed by atoms with Crippen LogP contribution in [-0.2, 0) is 9.53 Å². The number of esters is 1. The van der Waals surface area contributed by atoms with Gasteiger partial charge in [-0.15, -0.1) is 0 Å². The Morgan fingerprint density at radius 2 is 1.74 bits per heavy atom. The lowest BCUT2D eigenvalue weighted by Gasteiger charge is -2.09. The Morgan fingerprint density at radius 3 is 2.39 bits per heavy atom. The fourth-order valence-electron chi connectivity index (χ4n) is 2.78. The molecular weight excluding hydrogens is 398 g/mol. The van der Waals surface area contributed by atoms with Crippen molar-refractivity contribution < 1.29 is 19.1 Å². The smallest absolute Gasteiger partial charge is 0.338 e. The van der Waals surface area contributed by atoms with Crippen LogP contribution >= 0.6 is 0 Å². The summed E-state index contributed by atoms with van der Waals surface area (Å²) < 4.78 is 11.9. The highest BCUT2D eigenvalue weighted by atomic mass is 16.5. The molecule has 0 fully saturated rings. The van der Waals surface area contributed by atoms with Gasteiger partial charge in [0.1, 0.15) is 18.2 Å². The Morgan fingerprint density at radius 1 is 1.06 bits per heavy atom. The number of ether oxygens (including phenoxy) is 2. The van der Waals surface area contributed by atoms with Crippen LogP contribution in [0.5, 0.6) is 5.75 Å².